The Balaban J connectivity index is 1.98. The molecule has 0 aliphatic carbocycles. The van der Waals surface area contributed by atoms with Crippen molar-refractivity contribution in [2.24, 2.45) is 5.92 Å². The fraction of sp³-hybridized carbons (Fsp3) is 0.556. The first-order valence-electron chi connectivity index (χ1n) is 4.84. The van der Waals surface area contributed by atoms with E-state index in [1.165, 1.54) is 0 Å². The van der Waals surface area contributed by atoms with Gasteiger partial charge in [0.05, 0.1) is 10.8 Å². The van der Waals surface area contributed by atoms with Crippen LogP contribution in [-0.2, 0) is 10.8 Å². The predicted octanol–water partition coefficient (Wildman–Crippen LogP) is 0.847. The average molecular weight is 246 g/mol. The van der Waals surface area contributed by atoms with E-state index >= 15 is 0 Å². The van der Waals surface area contributed by atoms with E-state index in [1.807, 2.05) is 0 Å². The molecule has 0 amide bonds. The summed E-state index contributed by atoms with van der Waals surface area (Å²) in [5.74, 6) is 1.15. The quantitative estimate of drug-likeness (QED) is 0.858. The van der Waals surface area contributed by atoms with Crippen LogP contribution >= 0.6 is 11.6 Å². The lowest BCUT2D eigenvalue weighted by Crippen LogP contribution is -2.15. The van der Waals surface area contributed by atoms with Crippen LogP contribution in [0.2, 0.25) is 5.15 Å². The van der Waals surface area contributed by atoms with Crippen LogP contribution in [-0.4, -0.2) is 33.2 Å². The zero-order valence-corrected chi connectivity index (χ0v) is 9.72. The molecule has 0 saturated carbocycles. The van der Waals surface area contributed by atoms with Crippen molar-refractivity contribution in [3.8, 4) is 0 Å². The van der Waals surface area contributed by atoms with Crippen molar-refractivity contribution in [1.82, 2.24) is 15.5 Å². The number of rotatable bonds is 3. The third-order valence-electron chi connectivity index (χ3n) is 2.39. The summed E-state index contributed by atoms with van der Waals surface area (Å²) in [6.07, 6.45) is 1.09. The standard InChI is InChI=1S/C9H12ClN3OS/c10-8-1-2-9(13-12-8)15(14)6-7-3-4-11-5-7/h1-2,7,11H,3-6H2/t7-,15-/m1/s1. The summed E-state index contributed by atoms with van der Waals surface area (Å²) >= 11 is 5.60. The van der Waals surface area contributed by atoms with Crippen molar-refractivity contribution in [2.75, 3.05) is 18.8 Å². The number of nitrogens with one attached hydrogen (secondary N) is 1. The summed E-state index contributed by atoms with van der Waals surface area (Å²) in [5.41, 5.74) is 0. The van der Waals surface area contributed by atoms with Crippen LogP contribution in [0.5, 0.6) is 0 Å². The van der Waals surface area contributed by atoms with Crippen LogP contribution < -0.4 is 5.32 Å². The van der Waals surface area contributed by atoms with Crippen molar-refractivity contribution in [1.29, 1.82) is 0 Å². The van der Waals surface area contributed by atoms with E-state index in [2.05, 4.69) is 15.5 Å². The summed E-state index contributed by atoms with van der Waals surface area (Å²) < 4.78 is 11.8. The molecule has 0 unspecified atom stereocenters. The van der Waals surface area contributed by atoms with Gasteiger partial charge < -0.3 is 5.32 Å². The lowest BCUT2D eigenvalue weighted by atomic mass is 10.2. The molecule has 1 aromatic heterocycles. The second-order valence-electron chi connectivity index (χ2n) is 3.57. The molecular formula is C9H12ClN3OS. The van der Waals surface area contributed by atoms with E-state index in [-0.39, 0.29) is 0 Å². The Hall–Kier alpha value is -0.520. The van der Waals surface area contributed by atoms with E-state index in [9.17, 15) is 4.21 Å². The first kappa shape index (κ1) is 11.0. The van der Waals surface area contributed by atoms with Crippen molar-refractivity contribution in [3.63, 3.8) is 0 Å². The lowest BCUT2D eigenvalue weighted by molar-refractivity contribution is 0.629. The van der Waals surface area contributed by atoms with Gasteiger partial charge in [-0.3, -0.25) is 4.21 Å². The van der Waals surface area contributed by atoms with Gasteiger partial charge in [-0.15, -0.1) is 10.2 Å². The Morgan fingerprint density at radius 3 is 3.00 bits per heavy atom. The van der Waals surface area contributed by atoms with Gasteiger partial charge in [0.2, 0.25) is 0 Å². The third kappa shape index (κ3) is 2.96. The maximum atomic E-state index is 11.8. The van der Waals surface area contributed by atoms with E-state index in [0.29, 0.717) is 21.8 Å². The Labute approximate surface area is 95.9 Å². The van der Waals surface area contributed by atoms with E-state index in [1.54, 1.807) is 12.1 Å². The van der Waals surface area contributed by atoms with Crippen LogP contribution in [0.15, 0.2) is 17.2 Å². The monoisotopic (exact) mass is 245 g/mol. The highest BCUT2D eigenvalue weighted by Crippen LogP contribution is 2.13. The third-order valence-corrected chi connectivity index (χ3v) is 4.05. The Kier molecular flexibility index (Phi) is 3.66. The van der Waals surface area contributed by atoms with Crippen molar-refractivity contribution in [3.05, 3.63) is 17.3 Å². The van der Waals surface area contributed by atoms with Gasteiger partial charge in [-0.25, -0.2) is 0 Å². The molecule has 1 saturated heterocycles. The number of nitrogens with zero attached hydrogens (tertiary/aromatic N) is 2. The molecule has 2 atom stereocenters. The molecule has 2 heterocycles. The maximum absolute atomic E-state index is 11.8. The minimum atomic E-state index is -1.05. The van der Waals surface area contributed by atoms with Crippen LogP contribution in [0.3, 0.4) is 0 Å². The summed E-state index contributed by atoms with van der Waals surface area (Å²) in [6, 6.07) is 3.29. The summed E-state index contributed by atoms with van der Waals surface area (Å²) in [5, 5.41) is 11.6. The van der Waals surface area contributed by atoms with E-state index in [4.69, 9.17) is 11.6 Å². The molecule has 6 heteroatoms. The minimum absolute atomic E-state index is 0.332. The van der Waals surface area contributed by atoms with Crippen molar-refractivity contribution in [2.45, 2.75) is 11.4 Å². The molecule has 1 aromatic rings. The summed E-state index contributed by atoms with van der Waals surface area (Å²) in [6.45, 7) is 1.97. The van der Waals surface area contributed by atoms with Gasteiger partial charge in [0.15, 0.2) is 5.15 Å². The molecule has 0 aromatic carbocycles. The molecule has 1 aliphatic rings. The summed E-state index contributed by atoms with van der Waals surface area (Å²) in [4.78, 5) is 0. The fourth-order valence-electron chi connectivity index (χ4n) is 1.58. The van der Waals surface area contributed by atoms with Gasteiger partial charge in [-0.05, 0) is 37.6 Å². The second kappa shape index (κ2) is 5.01. The van der Waals surface area contributed by atoms with Gasteiger partial charge in [-0.2, -0.15) is 0 Å². The smallest absolute Gasteiger partial charge is 0.151 e. The van der Waals surface area contributed by atoms with Crippen molar-refractivity contribution >= 4 is 22.4 Å². The van der Waals surface area contributed by atoms with Crippen LogP contribution in [0.25, 0.3) is 0 Å². The lowest BCUT2D eigenvalue weighted by Gasteiger charge is -2.06. The number of aromatic nitrogens is 2. The molecule has 1 N–H and O–H groups in total. The molecule has 1 aliphatic heterocycles. The largest absolute Gasteiger partial charge is 0.316 e. The number of hydrogen-bond donors (Lipinski definition) is 1. The molecule has 1 fully saturated rings. The molecule has 2 rings (SSSR count). The minimum Gasteiger partial charge on any atom is -0.316 e. The Morgan fingerprint density at radius 1 is 1.53 bits per heavy atom. The van der Waals surface area contributed by atoms with Gasteiger partial charge in [0.25, 0.3) is 0 Å². The summed E-state index contributed by atoms with van der Waals surface area (Å²) in [7, 11) is -1.05. The highest BCUT2D eigenvalue weighted by atomic mass is 35.5. The highest BCUT2D eigenvalue weighted by molar-refractivity contribution is 7.84. The zero-order chi connectivity index (χ0) is 10.7. The van der Waals surface area contributed by atoms with Crippen LogP contribution in [0, 0.1) is 5.92 Å². The van der Waals surface area contributed by atoms with Crippen LogP contribution in [0.1, 0.15) is 6.42 Å². The molecule has 15 heavy (non-hydrogen) atoms. The second-order valence-corrected chi connectivity index (χ2v) is 5.40. The molecular weight excluding hydrogens is 234 g/mol. The van der Waals surface area contributed by atoms with E-state index in [0.717, 1.165) is 19.5 Å². The molecule has 0 radical (unpaired) electrons. The molecule has 82 valence electrons. The fourth-order valence-corrected chi connectivity index (χ4v) is 2.92. The topological polar surface area (TPSA) is 54.9 Å². The Morgan fingerprint density at radius 2 is 2.40 bits per heavy atom. The first-order valence-corrected chi connectivity index (χ1v) is 6.54. The van der Waals surface area contributed by atoms with E-state index < -0.39 is 10.8 Å². The van der Waals surface area contributed by atoms with Gasteiger partial charge in [0.1, 0.15) is 5.03 Å². The molecule has 0 spiro atoms. The van der Waals surface area contributed by atoms with Crippen molar-refractivity contribution < 1.29 is 4.21 Å². The zero-order valence-electron chi connectivity index (χ0n) is 8.15. The number of halogens is 1. The Bertz CT molecular complexity index is 351. The SMILES string of the molecule is O=[S@](C[C@@H]1CCNC1)c1ccc(Cl)nn1. The van der Waals surface area contributed by atoms with Gasteiger partial charge in [-0.1, -0.05) is 11.6 Å². The highest BCUT2D eigenvalue weighted by Gasteiger charge is 2.18. The average Bonchev–Trinajstić information content (AvgIpc) is 2.71. The maximum Gasteiger partial charge on any atom is 0.151 e. The first-order chi connectivity index (χ1) is 7.25. The number of hydrogen-bond acceptors (Lipinski definition) is 4. The van der Waals surface area contributed by atoms with Crippen LogP contribution in [0.4, 0.5) is 0 Å². The van der Waals surface area contributed by atoms with Gasteiger partial charge >= 0.3 is 0 Å². The normalized spacial score (nSPS) is 22.9. The molecule has 4 nitrogen and oxygen atoms in total. The predicted molar refractivity (Wildman–Crippen MR) is 59.3 cm³/mol. The molecule has 0 bridgehead atoms. The van der Waals surface area contributed by atoms with Gasteiger partial charge in [0, 0.05) is 5.75 Å².